The number of rotatable bonds is 2. The van der Waals surface area contributed by atoms with Crippen molar-refractivity contribution in [3.8, 4) is 11.4 Å². The molecule has 134 valence electrons. The average molecular weight is 363 g/mol. The maximum absolute atomic E-state index is 12.8. The van der Waals surface area contributed by atoms with Crippen LogP contribution in [-0.4, -0.2) is 27.0 Å². The number of carbonyl (C=O) groups excluding carboxylic acids is 2. The number of hydrogen-bond donors (Lipinski definition) is 2. The Labute approximate surface area is 152 Å². The van der Waals surface area contributed by atoms with Gasteiger partial charge >= 0.3 is 5.97 Å². The summed E-state index contributed by atoms with van der Waals surface area (Å²) < 4.78 is 6.46. The van der Waals surface area contributed by atoms with E-state index in [0.717, 1.165) is 10.9 Å². The molecule has 5 rings (SSSR count). The highest BCUT2D eigenvalue weighted by atomic mass is 16.5. The van der Waals surface area contributed by atoms with Gasteiger partial charge in [-0.1, -0.05) is 0 Å². The van der Waals surface area contributed by atoms with E-state index in [-0.39, 0.29) is 17.7 Å². The summed E-state index contributed by atoms with van der Waals surface area (Å²) in [5, 5.41) is 13.5. The summed E-state index contributed by atoms with van der Waals surface area (Å²) in [6.45, 7) is 0.200. The van der Waals surface area contributed by atoms with Crippen molar-refractivity contribution in [1.29, 1.82) is 0 Å². The number of benzene rings is 1. The zero-order valence-corrected chi connectivity index (χ0v) is 13.9. The number of aromatic nitrogens is 2. The number of nitrogens with one attached hydrogen (secondary N) is 1. The lowest BCUT2D eigenvalue weighted by Gasteiger charge is -2.21. The number of carbonyl (C=O) groups is 2. The van der Waals surface area contributed by atoms with Crippen molar-refractivity contribution in [1.82, 2.24) is 9.55 Å². The normalized spacial score (nSPS) is 17.1. The highest BCUT2D eigenvalue weighted by Crippen LogP contribution is 2.35. The first kappa shape index (κ1) is 15.7. The number of fused-ring (bicyclic) bond motifs is 5. The minimum absolute atomic E-state index is 0.142. The first-order valence-electron chi connectivity index (χ1n) is 8.32. The molecule has 8 nitrogen and oxygen atoms in total. The zero-order valence-electron chi connectivity index (χ0n) is 13.9. The third-order valence-electron chi connectivity index (χ3n) is 5.00. The van der Waals surface area contributed by atoms with E-state index in [9.17, 15) is 19.5 Å². The Balaban J connectivity index is 1.71. The molecule has 0 saturated carbocycles. The topological polar surface area (TPSA) is 111 Å². The summed E-state index contributed by atoms with van der Waals surface area (Å²) in [6.07, 6.45) is -0.856. The van der Waals surface area contributed by atoms with Gasteiger partial charge in [0.05, 0.1) is 29.0 Å². The first-order valence-corrected chi connectivity index (χ1v) is 8.32. The predicted molar refractivity (Wildman–Crippen MR) is 95.0 cm³/mol. The van der Waals surface area contributed by atoms with Crippen molar-refractivity contribution in [2.75, 3.05) is 5.32 Å². The van der Waals surface area contributed by atoms with E-state index < -0.39 is 12.1 Å². The smallest absolute Gasteiger partial charge is 0.340 e. The number of nitrogens with zero attached hydrogens (tertiary/aromatic N) is 2. The first-order chi connectivity index (χ1) is 13.1. The predicted octanol–water partition coefficient (Wildman–Crippen LogP) is 1.08. The molecule has 2 N–H and O–H groups in total. The number of cyclic esters (lactones) is 1. The highest BCUT2D eigenvalue weighted by Gasteiger charge is 2.33. The number of aliphatic hydroxyl groups is 1. The van der Waals surface area contributed by atoms with Gasteiger partial charge in [0.1, 0.15) is 6.61 Å². The fourth-order valence-corrected chi connectivity index (χ4v) is 3.69. The number of ether oxygens (including phenoxy) is 1. The maximum Gasteiger partial charge on any atom is 0.340 e. The Bertz CT molecular complexity index is 1210. The molecule has 0 spiro atoms. The van der Waals surface area contributed by atoms with Crippen LogP contribution in [0.3, 0.4) is 0 Å². The molecular weight excluding hydrogens is 350 g/mol. The zero-order chi connectivity index (χ0) is 18.7. The van der Waals surface area contributed by atoms with Gasteiger partial charge < -0.3 is 19.7 Å². The van der Waals surface area contributed by atoms with E-state index >= 15 is 0 Å². The van der Waals surface area contributed by atoms with E-state index in [4.69, 9.17) is 4.74 Å². The van der Waals surface area contributed by atoms with Gasteiger partial charge in [-0.05, 0) is 30.3 Å². The van der Waals surface area contributed by atoms with Crippen LogP contribution in [-0.2, 0) is 27.5 Å². The van der Waals surface area contributed by atoms with Gasteiger partial charge in [0.25, 0.3) is 5.56 Å². The molecule has 2 aromatic heterocycles. The summed E-state index contributed by atoms with van der Waals surface area (Å²) >= 11 is 0. The highest BCUT2D eigenvalue weighted by molar-refractivity contribution is 5.88. The van der Waals surface area contributed by atoms with Gasteiger partial charge in [-0.15, -0.1) is 0 Å². The van der Waals surface area contributed by atoms with Crippen LogP contribution in [0.2, 0.25) is 0 Å². The minimum atomic E-state index is -1.46. The van der Waals surface area contributed by atoms with E-state index in [1.807, 2.05) is 12.1 Å². The number of hydrogen-bond acceptors (Lipinski definition) is 6. The average Bonchev–Trinajstić information content (AvgIpc) is 3.01. The molecule has 0 saturated heterocycles. The molecule has 1 amide bonds. The molecule has 8 heteroatoms. The van der Waals surface area contributed by atoms with Gasteiger partial charge in [0.15, 0.2) is 6.10 Å². The van der Waals surface area contributed by atoms with Crippen LogP contribution in [0.1, 0.15) is 22.8 Å². The number of aliphatic hydroxyl groups excluding tert-OH is 1. The molecule has 0 radical (unpaired) electrons. The van der Waals surface area contributed by atoms with Crippen LogP contribution in [0, 0.1) is 0 Å². The van der Waals surface area contributed by atoms with Crippen molar-refractivity contribution in [3.63, 3.8) is 0 Å². The molecule has 2 aliphatic rings. The van der Waals surface area contributed by atoms with Gasteiger partial charge in [-0.25, -0.2) is 9.78 Å². The molecule has 1 atom stereocenters. The molecule has 3 aromatic rings. The monoisotopic (exact) mass is 363 g/mol. The second-order valence-electron chi connectivity index (χ2n) is 6.53. The molecule has 0 aliphatic carbocycles. The lowest BCUT2D eigenvalue weighted by atomic mass is 10.0. The molecule has 0 bridgehead atoms. The minimum Gasteiger partial charge on any atom is -0.458 e. The van der Waals surface area contributed by atoms with Gasteiger partial charge in [0.2, 0.25) is 6.41 Å². The Morgan fingerprint density at radius 1 is 1.26 bits per heavy atom. The van der Waals surface area contributed by atoms with Crippen molar-refractivity contribution in [2.24, 2.45) is 0 Å². The second-order valence-corrected chi connectivity index (χ2v) is 6.53. The quantitative estimate of drug-likeness (QED) is 0.407. The van der Waals surface area contributed by atoms with Crippen molar-refractivity contribution >= 4 is 29.0 Å². The van der Waals surface area contributed by atoms with Gasteiger partial charge in [-0.2, -0.15) is 0 Å². The Hall–Kier alpha value is -3.52. The largest absolute Gasteiger partial charge is 0.458 e. The summed E-state index contributed by atoms with van der Waals surface area (Å²) in [4.78, 5) is 39.8. The SMILES string of the molecule is O=CNc1ccc2nc3c(cc2c1)Cn1c-3cc2c(c1=O)COC(=O)C2O. The van der Waals surface area contributed by atoms with Crippen molar-refractivity contribution < 1.29 is 19.4 Å². The number of pyridine rings is 2. The number of esters is 1. The third-order valence-corrected chi connectivity index (χ3v) is 5.00. The van der Waals surface area contributed by atoms with Crippen LogP contribution in [0.15, 0.2) is 35.1 Å². The lowest BCUT2D eigenvalue weighted by molar-refractivity contribution is -0.157. The van der Waals surface area contributed by atoms with Crippen molar-refractivity contribution in [2.45, 2.75) is 19.3 Å². The molecule has 1 aromatic carbocycles. The van der Waals surface area contributed by atoms with Crippen molar-refractivity contribution in [3.05, 3.63) is 57.4 Å². The van der Waals surface area contributed by atoms with E-state index in [1.165, 1.54) is 0 Å². The molecular formula is C19H13N3O5. The van der Waals surface area contributed by atoms with Gasteiger partial charge in [-0.3, -0.25) is 9.59 Å². The molecule has 27 heavy (non-hydrogen) atoms. The van der Waals surface area contributed by atoms with Crippen LogP contribution >= 0.6 is 0 Å². The van der Waals surface area contributed by atoms with Gasteiger partial charge in [0, 0.05) is 22.2 Å². The molecule has 2 aliphatic heterocycles. The maximum atomic E-state index is 12.8. The summed E-state index contributed by atoms with van der Waals surface area (Å²) in [5.41, 5.74) is 3.71. The van der Waals surface area contributed by atoms with E-state index in [1.54, 1.807) is 22.8 Å². The van der Waals surface area contributed by atoms with Crippen LogP contribution < -0.4 is 10.9 Å². The molecule has 0 fully saturated rings. The van der Waals surface area contributed by atoms with Crippen LogP contribution in [0.25, 0.3) is 22.3 Å². The Kier molecular flexibility index (Phi) is 3.19. The lowest BCUT2D eigenvalue weighted by Crippen LogP contribution is -2.32. The fraction of sp³-hybridized carbons (Fsp3) is 0.158. The number of amides is 1. The molecule has 4 heterocycles. The molecule has 1 unspecified atom stereocenters. The van der Waals surface area contributed by atoms with E-state index in [0.29, 0.717) is 41.1 Å². The Morgan fingerprint density at radius 2 is 2.11 bits per heavy atom. The second kappa shape index (κ2) is 5.49. The van der Waals surface area contributed by atoms with E-state index in [2.05, 4.69) is 10.3 Å². The fourth-order valence-electron chi connectivity index (χ4n) is 3.69. The van der Waals surface area contributed by atoms with Crippen LogP contribution in [0.5, 0.6) is 0 Å². The standard InChI is InChI=1S/C19H13N3O5/c23-8-20-11-1-2-14-9(4-11)3-10-6-22-15(16(10)21-14)5-12-13(18(22)25)7-27-19(26)17(12)24/h1-5,8,17,24H,6-7H2,(H,20,23). The van der Waals surface area contributed by atoms with Crippen LogP contribution in [0.4, 0.5) is 5.69 Å². The summed E-state index contributed by atoms with van der Waals surface area (Å²) in [5.74, 6) is -0.758. The Morgan fingerprint density at radius 3 is 2.93 bits per heavy atom. The summed E-state index contributed by atoms with van der Waals surface area (Å²) in [6, 6.07) is 8.91. The number of anilines is 1. The third kappa shape index (κ3) is 2.20. The summed E-state index contributed by atoms with van der Waals surface area (Å²) in [7, 11) is 0.